The van der Waals surface area contributed by atoms with Crippen LogP contribution in [0.5, 0.6) is 0 Å². The number of hydrogen-bond acceptors (Lipinski definition) is 6. The average molecular weight is 415 g/mol. The molecule has 5 rings (SSSR count). The normalized spacial score (nSPS) is 11.5. The van der Waals surface area contributed by atoms with E-state index in [-0.39, 0.29) is 0 Å². The molecule has 2 aromatic carbocycles. The second kappa shape index (κ2) is 6.16. The molecule has 0 aliphatic heterocycles. The molecule has 0 unspecified atom stereocenters. The molecule has 0 aliphatic rings. The number of fused-ring (bicyclic) bond motifs is 2. The van der Waals surface area contributed by atoms with Gasteiger partial charge in [-0.1, -0.05) is 52.7 Å². The first kappa shape index (κ1) is 16.4. The number of halogens is 2. The van der Waals surface area contributed by atoms with E-state index in [4.69, 9.17) is 27.6 Å². The Kier molecular flexibility index (Phi) is 3.75. The van der Waals surface area contributed by atoms with Crippen LogP contribution in [0.25, 0.3) is 37.9 Å². The third-order valence-electron chi connectivity index (χ3n) is 4.03. The Morgan fingerprint density at radius 2 is 1.85 bits per heavy atom. The van der Waals surface area contributed by atoms with E-state index in [2.05, 4.69) is 15.3 Å². The molecule has 0 spiro atoms. The molecule has 3 heterocycles. The Morgan fingerprint density at radius 1 is 1.00 bits per heavy atom. The van der Waals surface area contributed by atoms with E-state index in [1.807, 2.05) is 18.2 Å². The molecule has 9 heteroatoms. The van der Waals surface area contributed by atoms with Crippen LogP contribution in [0.4, 0.5) is 0 Å². The molecule has 0 saturated carbocycles. The molecule has 132 valence electrons. The number of benzene rings is 2. The Labute approximate surface area is 165 Å². The first-order chi connectivity index (χ1) is 13.1. The predicted octanol–water partition coefficient (Wildman–Crippen LogP) is 4.93. The summed E-state index contributed by atoms with van der Waals surface area (Å²) in [5.74, 6) is 0.472. The van der Waals surface area contributed by atoms with Gasteiger partial charge in [-0.05, 0) is 30.3 Å². The lowest BCUT2D eigenvalue weighted by Gasteiger charge is -2.01. The summed E-state index contributed by atoms with van der Waals surface area (Å²) in [5.41, 5.74) is 1.10. The maximum Gasteiger partial charge on any atom is 0.346 e. The Balaban J connectivity index is 1.69. The van der Waals surface area contributed by atoms with Crippen LogP contribution in [0.1, 0.15) is 0 Å². The maximum atomic E-state index is 12.4. The molecule has 0 aliphatic carbocycles. The Morgan fingerprint density at radius 3 is 2.70 bits per heavy atom. The lowest BCUT2D eigenvalue weighted by atomic mass is 10.2. The van der Waals surface area contributed by atoms with Crippen LogP contribution < -0.4 is 5.63 Å². The number of para-hydroxylation sites is 1. The van der Waals surface area contributed by atoms with Crippen LogP contribution in [-0.4, -0.2) is 19.8 Å². The Bertz CT molecular complexity index is 1390. The molecular weight excluding hydrogens is 407 g/mol. The maximum absolute atomic E-state index is 12.4. The third kappa shape index (κ3) is 2.71. The van der Waals surface area contributed by atoms with E-state index in [1.54, 1.807) is 34.8 Å². The first-order valence-corrected chi connectivity index (χ1v) is 9.38. The zero-order valence-electron chi connectivity index (χ0n) is 13.4. The van der Waals surface area contributed by atoms with Crippen molar-refractivity contribution in [2.75, 3.05) is 0 Å². The summed E-state index contributed by atoms with van der Waals surface area (Å²) in [4.78, 5) is 12.9. The highest BCUT2D eigenvalue weighted by molar-refractivity contribution is 7.19. The van der Waals surface area contributed by atoms with E-state index in [0.717, 1.165) is 5.39 Å². The van der Waals surface area contributed by atoms with Gasteiger partial charge in [0.15, 0.2) is 10.8 Å². The molecule has 0 bridgehead atoms. The van der Waals surface area contributed by atoms with Crippen LogP contribution in [0.15, 0.2) is 57.7 Å². The zero-order valence-corrected chi connectivity index (χ0v) is 15.7. The van der Waals surface area contributed by atoms with Crippen molar-refractivity contribution in [3.63, 3.8) is 0 Å². The third-order valence-corrected chi connectivity index (χ3v) is 5.51. The topological polar surface area (TPSA) is 73.3 Å². The highest BCUT2D eigenvalue weighted by Crippen LogP contribution is 2.32. The summed E-state index contributed by atoms with van der Waals surface area (Å²) in [6.07, 6.45) is 0. The minimum atomic E-state index is -0.454. The lowest BCUT2D eigenvalue weighted by Crippen LogP contribution is -2.03. The number of hydrogen-bond donors (Lipinski definition) is 0. The van der Waals surface area contributed by atoms with Crippen LogP contribution in [0.2, 0.25) is 10.0 Å². The quantitative estimate of drug-likeness (QED) is 0.382. The van der Waals surface area contributed by atoms with Crippen molar-refractivity contribution < 1.29 is 4.42 Å². The van der Waals surface area contributed by atoms with Crippen molar-refractivity contribution in [2.24, 2.45) is 0 Å². The summed E-state index contributed by atoms with van der Waals surface area (Å²) in [6.45, 7) is 0. The van der Waals surface area contributed by atoms with Crippen molar-refractivity contribution in [1.82, 2.24) is 19.8 Å². The second-order valence-electron chi connectivity index (χ2n) is 5.73. The average Bonchev–Trinajstić information content (AvgIpc) is 3.22. The first-order valence-electron chi connectivity index (χ1n) is 7.81. The van der Waals surface area contributed by atoms with Crippen molar-refractivity contribution in [1.29, 1.82) is 0 Å². The van der Waals surface area contributed by atoms with Crippen LogP contribution in [-0.2, 0) is 0 Å². The van der Waals surface area contributed by atoms with Gasteiger partial charge in [-0.3, -0.25) is 0 Å². The van der Waals surface area contributed by atoms with Gasteiger partial charge in [0.1, 0.15) is 5.58 Å². The van der Waals surface area contributed by atoms with Crippen LogP contribution in [0, 0.1) is 0 Å². The van der Waals surface area contributed by atoms with Gasteiger partial charge in [0.2, 0.25) is 4.96 Å². The molecule has 0 atom stereocenters. The van der Waals surface area contributed by atoms with E-state index in [1.165, 1.54) is 11.3 Å². The highest BCUT2D eigenvalue weighted by atomic mass is 35.5. The van der Waals surface area contributed by atoms with E-state index in [9.17, 15) is 4.79 Å². The van der Waals surface area contributed by atoms with Crippen molar-refractivity contribution in [3.8, 4) is 22.0 Å². The smallest absolute Gasteiger partial charge is 0.346 e. The SMILES string of the molecule is O=c1oc2ccccc2cc1-c1nn2c(-c3ccc(Cl)cc3Cl)nnc2s1. The minimum Gasteiger partial charge on any atom is -0.422 e. The van der Waals surface area contributed by atoms with Crippen molar-refractivity contribution in [2.45, 2.75) is 0 Å². The fourth-order valence-electron chi connectivity index (χ4n) is 2.78. The molecule has 0 saturated heterocycles. The van der Waals surface area contributed by atoms with Crippen molar-refractivity contribution in [3.05, 3.63) is 69.0 Å². The number of rotatable bonds is 2. The van der Waals surface area contributed by atoms with Gasteiger partial charge in [0, 0.05) is 16.0 Å². The molecule has 3 aromatic heterocycles. The number of nitrogens with zero attached hydrogens (tertiary/aromatic N) is 4. The van der Waals surface area contributed by atoms with Gasteiger partial charge < -0.3 is 4.42 Å². The van der Waals surface area contributed by atoms with Crippen LogP contribution in [0.3, 0.4) is 0 Å². The van der Waals surface area contributed by atoms with Gasteiger partial charge in [-0.25, -0.2) is 4.79 Å². The lowest BCUT2D eigenvalue weighted by molar-refractivity contribution is 0.563. The highest BCUT2D eigenvalue weighted by Gasteiger charge is 2.19. The molecule has 5 aromatic rings. The van der Waals surface area contributed by atoms with Gasteiger partial charge >= 0.3 is 5.63 Å². The van der Waals surface area contributed by atoms with Gasteiger partial charge in [-0.15, -0.1) is 10.2 Å². The van der Waals surface area contributed by atoms with Gasteiger partial charge in [-0.2, -0.15) is 9.61 Å². The minimum absolute atomic E-state index is 0.373. The molecule has 27 heavy (non-hydrogen) atoms. The molecule has 6 nitrogen and oxygen atoms in total. The fraction of sp³-hybridized carbons (Fsp3) is 0. The molecule has 0 radical (unpaired) electrons. The summed E-state index contributed by atoms with van der Waals surface area (Å²) in [5, 5.41) is 15.1. The standard InChI is InChI=1S/C18H8Cl2N4O2S/c19-10-5-6-11(13(20)8-10)15-21-22-18-24(15)23-16(27-18)12-7-9-3-1-2-4-14(9)26-17(12)25/h1-8H. The van der Waals surface area contributed by atoms with Crippen molar-refractivity contribution >= 4 is 50.5 Å². The summed E-state index contributed by atoms with van der Waals surface area (Å²) < 4.78 is 6.96. The second-order valence-corrected chi connectivity index (χ2v) is 7.53. The largest absolute Gasteiger partial charge is 0.422 e. The molecule has 0 amide bonds. The Hall–Kier alpha value is -2.74. The molecule has 0 N–H and O–H groups in total. The summed E-state index contributed by atoms with van der Waals surface area (Å²) in [7, 11) is 0. The fourth-order valence-corrected chi connectivity index (χ4v) is 4.11. The van der Waals surface area contributed by atoms with Crippen LogP contribution >= 0.6 is 34.5 Å². The monoisotopic (exact) mass is 414 g/mol. The summed E-state index contributed by atoms with van der Waals surface area (Å²) >= 11 is 13.5. The van der Waals surface area contributed by atoms with Gasteiger partial charge in [0.05, 0.1) is 10.6 Å². The van der Waals surface area contributed by atoms with Gasteiger partial charge in [0.25, 0.3) is 0 Å². The zero-order chi connectivity index (χ0) is 18.5. The van der Waals surface area contributed by atoms with E-state index in [0.29, 0.717) is 42.5 Å². The predicted molar refractivity (Wildman–Crippen MR) is 106 cm³/mol. The van der Waals surface area contributed by atoms with E-state index >= 15 is 0 Å². The number of aromatic nitrogens is 4. The van der Waals surface area contributed by atoms with E-state index < -0.39 is 5.63 Å². The molecule has 0 fully saturated rings. The molecular formula is C18H8Cl2N4O2S. The summed E-state index contributed by atoms with van der Waals surface area (Å²) in [6, 6.07) is 14.2.